The molecule has 0 aliphatic carbocycles. The summed E-state index contributed by atoms with van der Waals surface area (Å²) in [6, 6.07) is 0. The average molecular weight is 381 g/mol. The van der Waals surface area contributed by atoms with Gasteiger partial charge in [0.2, 0.25) is 0 Å². The van der Waals surface area contributed by atoms with Crippen molar-refractivity contribution in [2.45, 2.75) is 51.7 Å². The van der Waals surface area contributed by atoms with Crippen LogP contribution in [-0.4, -0.2) is 46.8 Å². The van der Waals surface area contributed by atoms with Gasteiger partial charge in [-0.3, -0.25) is 0 Å². The van der Waals surface area contributed by atoms with Gasteiger partial charge in [-0.2, -0.15) is 0 Å². The molecular weight excluding hydrogens is 357 g/mol. The van der Waals surface area contributed by atoms with Crippen molar-refractivity contribution in [1.82, 2.24) is 4.90 Å². The maximum absolute atomic E-state index is 12.0. The minimum Gasteiger partial charge on any atom is -0.444 e. The van der Waals surface area contributed by atoms with Crippen molar-refractivity contribution in [2.24, 2.45) is 5.41 Å². The fourth-order valence-corrected chi connectivity index (χ4v) is 3.40. The lowest BCUT2D eigenvalue weighted by molar-refractivity contribution is 0.00805. The number of alkyl halides is 1. The van der Waals surface area contributed by atoms with E-state index in [0.717, 1.165) is 43.4 Å². The van der Waals surface area contributed by atoms with Crippen molar-refractivity contribution in [3.05, 3.63) is 0 Å². The molecule has 4 nitrogen and oxygen atoms in total. The molecule has 2 fully saturated rings. The molecule has 0 saturated carbocycles. The number of hydrogen-bond acceptors (Lipinski definition) is 3. The van der Waals surface area contributed by atoms with Gasteiger partial charge in [0.05, 0.1) is 12.7 Å². The van der Waals surface area contributed by atoms with Gasteiger partial charge in [0.1, 0.15) is 5.60 Å². The largest absolute Gasteiger partial charge is 0.444 e. The fraction of sp³-hybridized carbons (Fsp3) is 0.929. The summed E-state index contributed by atoms with van der Waals surface area (Å²) in [6.45, 7) is 8.19. The molecule has 0 radical (unpaired) electrons. The predicted molar refractivity (Wildman–Crippen MR) is 82.7 cm³/mol. The third kappa shape index (κ3) is 3.97. The highest BCUT2D eigenvalue weighted by Gasteiger charge is 2.43. The van der Waals surface area contributed by atoms with Crippen LogP contribution in [0.1, 0.15) is 40.0 Å². The number of hydrogen-bond donors (Lipinski definition) is 0. The lowest BCUT2D eigenvalue weighted by Crippen LogP contribution is -2.45. The minimum absolute atomic E-state index is 0.174. The zero-order chi connectivity index (χ0) is 14.1. The number of carbonyl (C=O) groups excluding carboxylic acids is 1. The van der Waals surface area contributed by atoms with Gasteiger partial charge in [0, 0.05) is 17.5 Å². The summed E-state index contributed by atoms with van der Waals surface area (Å²) in [7, 11) is 0. The molecule has 2 aliphatic heterocycles. The van der Waals surface area contributed by atoms with Gasteiger partial charge in [0.25, 0.3) is 0 Å². The summed E-state index contributed by atoms with van der Waals surface area (Å²) in [5.74, 6) is 0. The molecule has 1 atom stereocenters. The highest BCUT2D eigenvalue weighted by atomic mass is 127. The number of carbonyl (C=O) groups is 1. The van der Waals surface area contributed by atoms with Crippen LogP contribution in [0.5, 0.6) is 0 Å². The number of halogens is 1. The Kier molecular flexibility index (Phi) is 4.65. The normalized spacial score (nSPS) is 26.7. The minimum atomic E-state index is -0.408. The maximum atomic E-state index is 12.0. The molecule has 0 aromatic heterocycles. The van der Waals surface area contributed by atoms with Crippen LogP contribution in [0.3, 0.4) is 0 Å². The van der Waals surface area contributed by atoms with E-state index in [-0.39, 0.29) is 6.09 Å². The van der Waals surface area contributed by atoms with Gasteiger partial charge >= 0.3 is 6.09 Å². The quantitative estimate of drug-likeness (QED) is 0.517. The van der Waals surface area contributed by atoms with E-state index < -0.39 is 5.60 Å². The van der Waals surface area contributed by atoms with Crippen LogP contribution in [0, 0.1) is 5.41 Å². The van der Waals surface area contributed by atoms with E-state index in [1.165, 1.54) is 0 Å². The second kappa shape index (κ2) is 5.76. The lowest BCUT2D eigenvalue weighted by atomic mass is 9.77. The molecule has 2 aliphatic rings. The van der Waals surface area contributed by atoms with E-state index in [9.17, 15) is 4.79 Å². The number of likely N-dealkylation sites (tertiary alicyclic amines) is 1. The molecular formula is C14H24INO3. The smallest absolute Gasteiger partial charge is 0.410 e. The van der Waals surface area contributed by atoms with Crippen LogP contribution < -0.4 is 0 Å². The van der Waals surface area contributed by atoms with Gasteiger partial charge in [-0.15, -0.1) is 0 Å². The molecule has 1 spiro atoms. The molecule has 2 rings (SSSR count). The van der Waals surface area contributed by atoms with Gasteiger partial charge in [-0.05, 0) is 45.4 Å². The average Bonchev–Trinajstić information content (AvgIpc) is 2.71. The van der Waals surface area contributed by atoms with Crippen LogP contribution in [0.15, 0.2) is 0 Å². The van der Waals surface area contributed by atoms with E-state index in [2.05, 4.69) is 22.6 Å². The van der Waals surface area contributed by atoms with E-state index in [1.807, 2.05) is 25.7 Å². The fourth-order valence-electron chi connectivity index (χ4n) is 2.83. The van der Waals surface area contributed by atoms with E-state index in [1.54, 1.807) is 0 Å². The van der Waals surface area contributed by atoms with E-state index >= 15 is 0 Å². The zero-order valence-corrected chi connectivity index (χ0v) is 14.2. The molecule has 2 heterocycles. The monoisotopic (exact) mass is 381 g/mol. The highest BCUT2D eigenvalue weighted by molar-refractivity contribution is 14.1. The Hall–Kier alpha value is -0.0400. The van der Waals surface area contributed by atoms with Crippen LogP contribution >= 0.6 is 22.6 Å². The molecule has 0 bridgehead atoms. The molecule has 0 unspecified atom stereocenters. The van der Waals surface area contributed by atoms with Crippen LogP contribution in [-0.2, 0) is 9.47 Å². The Bertz CT molecular complexity index is 332. The van der Waals surface area contributed by atoms with Crippen LogP contribution in [0.25, 0.3) is 0 Å². The Balaban J connectivity index is 1.84. The standard InChI is InChI=1S/C14H24INO3/c1-13(2,3)19-12(17)16-6-4-14(5-7-16)8-11(9-15)18-10-14/h11H,4-10H2,1-3H3/t11-/m1/s1. The van der Waals surface area contributed by atoms with Crippen molar-refractivity contribution in [3.63, 3.8) is 0 Å². The first-order valence-electron chi connectivity index (χ1n) is 6.99. The summed E-state index contributed by atoms with van der Waals surface area (Å²) in [5.41, 5.74) is -0.0939. The first-order chi connectivity index (χ1) is 8.84. The van der Waals surface area contributed by atoms with Gasteiger partial charge in [-0.1, -0.05) is 22.6 Å². The first kappa shape index (κ1) is 15.4. The Morgan fingerprint density at radius 1 is 1.42 bits per heavy atom. The number of piperidine rings is 1. The molecule has 19 heavy (non-hydrogen) atoms. The Morgan fingerprint density at radius 3 is 2.53 bits per heavy atom. The maximum Gasteiger partial charge on any atom is 0.410 e. The number of rotatable bonds is 1. The second-order valence-corrected chi connectivity index (χ2v) is 7.64. The third-order valence-corrected chi connectivity index (χ3v) is 4.92. The molecule has 0 aromatic carbocycles. The number of amides is 1. The molecule has 0 N–H and O–H groups in total. The summed E-state index contributed by atoms with van der Waals surface area (Å²) in [4.78, 5) is 13.8. The van der Waals surface area contributed by atoms with Gasteiger partial charge < -0.3 is 14.4 Å². The molecule has 0 aromatic rings. The van der Waals surface area contributed by atoms with Crippen LogP contribution in [0.2, 0.25) is 0 Å². The van der Waals surface area contributed by atoms with Crippen molar-refractivity contribution in [2.75, 3.05) is 24.1 Å². The summed E-state index contributed by atoms with van der Waals surface area (Å²) in [6.07, 6.45) is 3.47. The number of nitrogens with zero attached hydrogens (tertiary/aromatic N) is 1. The topological polar surface area (TPSA) is 38.8 Å². The van der Waals surface area contributed by atoms with Gasteiger partial charge in [-0.25, -0.2) is 4.79 Å². The summed E-state index contributed by atoms with van der Waals surface area (Å²) >= 11 is 2.39. The predicted octanol–water partition coefficient (Wildman–Crippen LogP) is 3.23. The van der Waals surface area contributed by atoms with Crippen molar-refractivity contribution >= 4 is 28.7 Å². The first-order valence-corrected chi connectivity index (χ1v) is 8.52. The lowest BCUT2D eigenvalue weighted by Gasteiger charge is -2.38. The zero-order valence-electron chi connectivity index (χ0n) is 12.1. The van der Waals surface area contributed by atoms with Crippen molar-refractivity contribution in [1.29, 1.82) is 0 Å². The summed E-state index contributed by atoms with van der Waals surface area (Å²) in [5, 5.41) is 0. The van der Waals surface area contributed by atoms with Crippen LogP contribution in [0.4, 0.5) is 4.79 Å². The van der Waals surface area contributed by atoms with E-state index in [0.29, 0.717) is 11.5 Å². The Labute approximate surface area is 129 Å². The molecule has 110 valence electrons. The SMILES string of the molecule is CC(C)(C)OC(=O)N1CCC2(CC1)CO[C@@H](CI)C2. The van der Waals surface area contributed by atoms with Crippen molar-refractivity contribution in [3.8, 4) is 0 Å². The summed E-state index contributed by atoms with van der Waals surface area (Å²) < 4.78 is 12.3. The van der Waals surface area contributed by atoms with Crippen molar-refractivity contribution < 1.29 is 14.3 Å². The van der Waals surface area contributed by atoms with E-state index in [4.69, 9.17) is 9.47 Å². The molecule has 2 saturated heterocycles. The third-order valence-electron chi connectivity index (χ3n) is 3.93. The van der Waals surface area contributed by atoms with Gasteiger partial charge in [0.15, 0.2) is 0 Å². The number of ether oxygens (including phenoxy) is 2. The highest BCUT2D eigenvalue weighted by Crippen LogP contribution is 2.42. The molecule has 5 heteroatoms. The Morgan fingerprint density at radius 2 is 2.05 bits per heavy atom. The second-order valence-electron chi connectivity index (χ2n) is 6.76. The molecule has 1 amide bonds.